The first-order valence-corrected chi connectivity index (χ1v) is 8.01. The molecule has 0 aliphatic carbocycles. The summed E-state index contributed by atoms with van der Waals surface area (Å²) in [6, 6.07) is 11.5. The smallest absolute Gasteiger partial charge is 0.246 e. The fourth-order valence-electron chi connectivity index (χ4n) is 2.93. The quantitative estimate of drug-likeness (QED) is 0.489. The number of hydroxylamine groups is 1. The average molecular weight is 369 g/mol. The maximum Gasteiger partial charge on any atom is 0.246 e. The maximum atomic E-state index is 12.8. The summed E-state index contributed by atoms with van der Waals surface area (Å²) in [5.41, 5.74) is 4.00. The molecule has 2 aromatic heterocycles. The lowest BCUT2D eigenvalue weighted by molar-refractivity contribution is -0.475. The summed E-state index contributed by atoms with van der Waals surface area (Å²) < 4.78 is 3.92. The van der Waals surface area contributed by atoms with E-state index in [2.05, 4.69) is 25.9 Å². The highest BCUT2D eigenvalue weighted by Gasteiger charge is 2.28. The lowest BCUT2D eigenvalue weighted by Crippen LogP contribution is -2.18. The number of fused-ring (bicyclic) bond motifs is 3. The van der Waals surface area contributed by atoms with Gasteiger partial charge in [-0.15, -0.1) is 0 Å². The molecule has 0 unspecified atom stereocenters. The van der Waals surface area contributed by atoms with Crippen molar-refractivity contribution in [2.45, 2.75) is 13.5 Å². The predicted octanol–water partition coefficient (Wildman–Crippen LogP) is 3.20. The van der Waals surface area contributed by atoms with Crippen LogP contribution in [0.5, 0.6) is 0 Å². The fraction of sp³-hybridized carbons (Fsp3) is 0.118. The molecule has 0 fully saturated rings. The number of rotatable bonds is 1. The van der Waals surface area contributed by atoms with Gasteiger partial charge in [0.1, 0.15) is 5.69 Å². The molecule has 0 N–H and O–H groups in total. The summed E-state index contributed by atoms with van der Waals surface area (Å²) in [7, 11) is 0. The third kappa shape index (κ3) is 2.26. The number of pyridine rings is 1. The molecule has 1 aliphatic heterocycles. The van der Waals surface area contributed by atoms with Crippen molar-refractivity contribution in [3.63, 3.8) is 0 Å². The van der Waals surface area contributed by atoms with Gasteiger partial charge < -0.3 is 5.21 Å². The highest BCUT2D eigenvalue weighted by atomic mass is 79.9. The van der Waals surface area contributed by atoms with E-state index < -0.39 is 0 Å². The third-order valence-electron chi connectivity index (χ3n) is 3.91. The van der Waals surface area contributed by atoms with E-state index in [0.29, 0.717) is 11.4 Å². The zero-order valence-electron chi connectivity index (χ0n) is 12.4. The first-order valence-electron chi connectivity index (χ1n) is 7.21. The molecular weight excluding hydrogens is 356 g/mol. The Morgan fingerprint density at radius 2 is 2.09 bits per heavy atom. The van der Waals surface area contributed by atoms with Gasteiger partial charge >= 0.3 is 0 Å². The molecule has 0 spiro atoms. The normalized spacial score (nSPS) is 13.5. The molecule has 114 valence electrons. The van der Waals surface area contributed by atoms with Crippen molar-refractivity contribution >= 4 is 21.6 Å². The lowest BCUT2D eigenvalue weighted by atomic mass is 10.0. The second-order valence-corrected chi connectivity index (χ2v) is 6.33. The zero-order chi connectivity index (χ0) is 16.0. The maximum absolute atomic E-state index is 12.8. The van der Waals surface area contributed by atoms with Crippen LogP contribution in [0.1, 0.15) is 22.8 Å². The molecule has 3 aromatic rings. The van der Waals surface area contributed by atoms with Crippen LogP contribution in [0.4, 0.5) is 0 Å². The Hall–Kier alpha value is -2.47. The van der Waals surface area contributed by atoms with E-state index in [9.17, 15) is 5.21 Å². The van der Waals surface area contributed by atoms with Crippen LogP contribution in [0.3, 0.4) is 0 Å². The summed E-state index contributed by atoms with van der Waals surface area (Å²) >= 11 is 3.51. The van der Waals surface area contributed by atoms with Crippen molar-refractivity contribution in [2.24, 2.45) is 0 Å². The molecule has 1 aromatic carbocycles. The highest BCUT2D eigenvalue weighted by Crippen LogP contribution is 2.28. The van der Waals surface area contributed by atoms with Crippen molar-refractivity contribution in [2.75, 3.05) is 0 Å². The molecule has 0 saturated heterocycles. The van der Waals surface area contributed by atoms with Crippen LogP contribution >= 0.6 is 15.9 Å². The molecule has 6 heteroatoms. The van der Waals surface area contributed by atoms with Gasteiger partial charge in [0.05, 0.1) is 11.3 Å². The topological polar surface area (TPSA) is 56.8 Å². The van der Waals surface area contributed by atoms with Crippen LogP contribution in [0, 0.1) is 12.1 Å². The number of nitrogens with zero attached hydrogens (tertiary/aromatic N) is 4. The van der Waals surface area contributed by atoms with Crippen molar-refractivity contribution in [1.82, 2.24) is 14.5 Å². The number of halogens is 1. The van der Waals surface area contributed by atoms with Crippen molar-refractivity contribution < 1.29 is 4.74 Å². The van der Waals surface area contributed by atoms with E-state index in [-0.39, 0.29) is 6.54 Å². The van der Waals surface area contributed by atoms with Gasteiger partial charge in [-0.1, -0.05) is 22.0 Å². The minimum Gasteiger partial charge on any atom is -0.623 e. The van der Waals surface area contributed by atoms with Crippen LogP contribution in [0.2, 0.25) is 0 Å². The van der Waals surface area contributed by atoms with Crippen LogP contribution in [0.25, 0.3) is 5.69 Å². The van der Waals surface area contributed by atoms with Crippen LogP contribution in [-0.2, 0) is 6.54 Å². The average Bonchev–Trinajstić information content (AvgIpc) is 2.84. The number of hydrogen-bond acceptors (Lipinski definition) is 3. The highest BCUT2D eigenvalue weighted by molar-refractivity contribution is 9.10. The first kappa shape index (κ1) is 14.1. The Morgan fingerprint density at radius 3 is 2.87 bits per heavy atom. The second kappa shape index (κ2) is 5.31. The molecule has 0 saturated carbocycles. The molecule has 1 aliphatic rings. The molecule has 5 nitrogen and oxygen atoms in total. The molecule has 0 bridgehead atoms. The molecule has 0 amide bonds. The minimum absolute atomic E-state index is 0.187. The van der Waals surface area contributed by atoms with Gasteiger partial charge in [0, 0.05) is 22.6 Å². The Kier molecular flexibility index (Phi) is 3.27. The Bertz CT molecular complexity index is 931. The Labute approximate surface area is 141 Å². The first-order chi connectivity index (χ1) is 11.1. The minimum atomic E-state index is 0.187. The van der Waals surface area contributed by atoms with Gasteiger partial charge in [-0.2, -0.15) is 4.74 Å². The monoisotopic (exact) mass is 368 g/mol. The molecule has 4 rings (SSSR count). The Morgan fingerprint density at radius 1 is 1.22 bits per heavy atom. The van der Waals surface area contributed by atoms with E-state index in [4.69, 9.17) is 0 Å². The van der Waals surface area contributed by atoms with Gasteiger partial charge in [0.25, 0.3) is 0 Å². The predicted molar refractivity (Wildman–Crippen MR) is 90.8 cm³/mol. The van der Waals surface area contributed by atoms with Gasteiger partial charge in [0.15, 0.2) is 5.82 Å². The summed E-state index contributed by atoms with van der Waals surface area (Å²) in [4.78, 5) is 8.76. The lowest BCUT2D eigenvalue weighted by Gasteiger charge is -2.11. The molecular formula is C17H13BrN4O. The molecule has 23 heavy (non-hydrogen) atoms. The van der Waals surface area contributed by atoms with Crippen molar-refractivity contribution in [3.8, 4) is 5.69 Å². The van der Waals surface area contributed by atoms with E-state index in [1.54, 1.807) is 12.4 Å². The summed E-state index contributed by atoms with van der Waals surface area (Å²) in [6.07, 6.45) is 3.49. The number of aromatic nitrogens is 3. The van der Waals surface area contributed by atoms with Crippen LogP contribution < -0.4 is 0 Å². The number of benzene rings is 1. The summed E-state index contributed by atoms with van der Waals surface area (Å²) in [5.74, 6) is 0.729. The standard InChI is InChI=1S/C17H13BrN4O/c1-11-9-20-16-10-21(23)17(14-4-2-3-7-19-14)13-8-12(18)5-6-15(13)22(11)16/h2-9H,10H2,1H3. The van der Waals surface area contributed by atoms with Gasteiger partial charge in [-0.25, -0.2) is 9.97 Å². The van der Waals surface area contributed by atoms with Gasteiger partial charge in [-0.05, 0) is 37.3 Å². The number of imidazole rings is 1. The van der Waals surface area contributed by atoms with E-state index in [0.717, 1.165) is 32.0 Å². The SMILES string of the molecule is Cc1cnc2n1-c1ccc(Br)cc1C(c1ccccn1)=[N+]([O-])C2. The molecule has 0 atom stereocenters. The van der Waals surface area contributed by atoms with E-state index in [1.165, 1.54) is 0 Å². The fourth-order valence-corrected chi connectivity index (χ4v) is 3.29. The third-order valence-corrected chi connectivity index (χ3v) is 4.40. The number of aryl methyl sites for hydroxylation is 1. The Balaban J connectivity index is 2.07. The van der Waals surface area contributed by atoms with Gasteiger partial charge in [-0.3, -0.25) is 4.57 Å². The van der Waals surface area contributed by atoms with Crippen molar-refractivity contribution in [1.29, 1.82) is 0 Å². The molecule has 3 heterocycles. The summed E-state index contributed by atoms with van der Waals surface area (Å²) in [6.45, 7) is 2.18. The second-order valence-electron chi connectivity index (χ2n) is 5.41. The zero-order valence-corrected chi connectivity index (χ0v) is 14.0. The largest absolute Gasteiger partial charge is 0.623 e. The van der Waals surface area contributed by atoms with E-state index in [1.807, 2.05) is 47.9 Å². The van der Waals surface area contributed by atoms with Gasteiger partial charge in [0.2, 0.25) is 12.3 Å². The van der Waals surface area contributed by atoms with E-state index >= 15 is 0 Å². The molecule has 0 radical (unpaired) electrons. The summed E-state index contributed by atoms with van der Waals surface area (Å²) in [5, 5.41) is 12.8. The van der Waals surface area contributed by atoms with Crippen LogP contribution in [0.15, 0.2) is 53.3 Å². The number of hydrogen-bond donors (Lipinski definition) is 0. The van der Waals surface area contributed by atoms with Crippen molar-refractivity contribution in [3.05, 3.63) is 81.2 Å². The van der Waals surface area contributed by atoms with Crippen LogP contribution in [-0.4, -0.2) is 25.0 Å².